The van der Waals surface area contributed by atoms with Crippen LogP contribution in [0.2, 0.25) is 5.02 Å². The molecule has 1 aliphatic rings. The molecule has 6 heteroatoms. The van der Waals surface area contributed by atoms with Crippen molar-refractivity contribution in [3.63, 3.8) is 0 Å². The molecule has 1 amide bonds. The molecule has 0 saturated heterocycles. The van der Waals surface area contributed by atoms with Crippen molar-refractivity contribution in [1.29, 1.82) is 0 Å². The maximum atomic E-state index is 12.1. The van der Waals surface area contributed by atoms with Crippen LogP contribution in [-0.4, -0.2) is 16.7 Å². The van der Waals surface area contributed by atoms with Crippen molar-refractivity contribution in [3.05, 3.63) is 57.3 Å². The van der Waals surface area contributed by atoms with E-state index in [1.54, 1.807) is 30.5 Å². The lowest BCUT2D eigenvalue weighted by atomic mass is 10.1. The van der Waals surface area contributed by atoms with Gasteiger partial charge in [0.15, 0.2) is 0 Å². The zero-order valence-corrected chi connectivity index (χ0v) is 12.5. The maximum absolute atomic E-state index is 12.1. The van der Waals surface area contributed by atoms with Gasteiger partial charge in [-0.15, -0.1) is 0 Å². The van der Waals surface area contributed by atoms with Crippen LogP contribution >= 0.6 is 27.5 Å². The summed E-state index contributed by atoms with van der Waals surface area (Å²) in [5.41, 5.74) is 1.50. The minimum absolute atomic E-state index is 0.217. The molecule has 100 valence electrons. The van der Waals surface area contributed by atoms with E-state index in [9.17, 15) is 9.59 Å². The van der Waals surface area contributed by atoms with Crippen LogP contribution in [0.3, 0.4) is 0 Å². The first-order valence-corrected chi connectivity index (χ1v) is 7.00. The number of carbonyl (C=O) groups excluding carboxylic acids is 2. The molecule has 0 spiro atoms. The van der Waals surface area contributed by atoms with Crippen molar-refractivity contribution in [2.75, 3.05) is 4.90 Å². The summed E-state index contributed by atoms with van der Waals surface area (Å²) in [7, 11) is 0. The summed E-state index contributed by atoms with van der Waals surface area (Å²) in [5, 5.41) is 0.388. The number of fused-ring (bicyclic) bond motifs is 1. The molecule has 0 N–H and O–H groups in total. The number of halogens is 2. The minimum atomic E-state index is -0.571. The van der Waals surface area contributed by atoms with Gasteiger partial charge >= 0.3 is 0 Å². The molecule has 20 heavy (non-hydrogen) atoms. The second-order valence-corrected chi connectivity index (χ2v) is 5.65. The van der Waals surface area contributed by atoms with Gasteiger partial charge in [-0.1, -0.05) is 17.7 Å². The number of rotatable bonds is 2. The lowest BCUT2D eigenvalue weighted by Gasteiger charge is -2.17. The van der Waals surface area contributed by atoms with E-state index in [4.69, 9.17) is 11.6 Å². The maximum Gasteiger partial charge on any atom is 0.299 e. The highest BCUT2D eigenvalue weighted by atomic mass is 79.9. The van der Waals surface area contributed by atoms with Gasteiger partial charge in [-0.2, -0.15) is 0 Å². The normalized spacial score (nSPS) is 13.8. The summed E-state index contributed by atoms with van der Waals surface area (Å²) in [6.07, 6.45) is 1.64. The molecule has 0 aliphatic carbocycles. The number of Topliss-reactive ketones (excluding diaryl/α,β-unsaturated/α-hetero) is 1. The van der Waals surface area contributed by atoms with E-state index in [0.29, 0.717) is 22.0 Å². The number of para-hydroxylation sites is 1. The molecule has 1 aromatic carbocycles. The zero-order chi connectivity index (χ0) is 14.3. The number of hydrogen-bond acceptors (Lipinski definition) is 3. The fourth-order valence-corrected chi connectivity index (χ4v) is 2.64. The molecular formula is C14H8BrClN2O2. The van der Waals surface area contributed by atoms with E-state index in [1.807, 2.05) is 6.07 Å². The predicted octanol–water partition coefficient (Wildman–Crippen LogP) is 3.23. The standard InChI is InChI=1S/C14H8BrClN2O2/c15-8-4-5-9(17-6-8)7-18-12-10(13(19)14(18)20)2-1-3-11(12)16/h1-6H,7H2. The molecule has 1 aromatic heterocycles. The van der Waals surface area contributed by atoms with Gasteiger partial charge in [0.1, 0.15) is 0 Å². The van der Waals surface area contributed by atoms with Crippen LogP contribution in [-0.2, 0) is 11.3 Å². The van der Waals surface area contributed by atoms with Crippen molar-refractivity contribution in [2.24, 2.45) is 0 Å². The van der Waals surface area contributed by atoms with Gasteiger partial charge in [0, 0.05) is 10.7 Å². The Balaban J connectivity index is 2.01. The third-order valence-corrected chi connectivity index (χ3v) is 3.82. The number of carbonyl (C=O) groups is 2. The Kier molecular flexibility index (Phi) is 3.31. The van der Waals surface area contributed by atoms with Crippen LogP contribution in [0.1, 0.15) is 16.1 Å². The molecule has 1 aliphatic heterocycles. The largest absolute Gasteiger partial charge is 0.299 e. The fraction of sp³-hybridized carbons (Fsp3) is 0.0714. The highest BCUT2D eigenvalue weighted by Gasteiger charge is 2.37. The topological polar surface area (TPSA) is 50.3 Å². The molecule has 0 atom stereocenters. The second kappa shape index (κ2) is 5.00. The van der Waals surface area contributed by atoms with E-state index in [0.717, 1.165) is 4.47 Å². The lowest BCUT2D eigenvalue weighted by Crippen LogP contribution is -2.29. The first kappa shape index (κ1) is 13.3. The molecule has 0 radical (unpaired) electrons. The monoisotopic (exact) mass is 350 g/mol. The van der Waals surface area contributed by atoms with Gasteiger partial charge in [0.2, 0.25) is 0 Å². The van der Waals surface area contributed by atoms with Gasteiger partial charge < -0.3 is 0 Å². The summed E-state index contributed by atoms with van der Waals surface area (Å²) in [6.45, 7) is 0.217. The summed E-state index contributed by atoms with van der Waals surface area (Å²) in [4.78, 5) is 29.6. The van der Waals surface area contributed by atoms with Crippen LogP contribution in [0.25, 0.3) is 0 Å². The zero-order valence-electron chi connectivity index (χ0n) is 10.1. The number of hydrogen-bond donors (Lipinski definition) is 0. The Morgan fingerprint density at radius 1 is 1.20 bits per heavy atom. The highest BCUT2D eigenvalue weighted by Crippen LogP contribution is 2.36. The van der Waals surface area contributed by atoms with E-state index >= 15 is 0 Å². The van der Waals surface area contributed by atoms with Crippen molar-refractivity contribution in [3.8, 4) is 0 Å². The van der Waals surface area contributed by atoms with Gasteiger partial charge in [-0.25, -0.2) is 0 Å². The van der Waals surface area contributed by atoms with Crippen molar-refractivity contribution >= 4 is 44.9 Å². The van der Waals surface area contributed by atoms with Crippen LogP contribution in [0.5, 0.6) is 0 Å². The number of nitrogens with zero attached hydrogens (tertiary/aromatic N) is 2. The second-order valence-electron chi connectivity index (χ2n) is 4.32. The minimum Gasteiger partial charge on any atom is -0.297 e. The van der Waals surface area contributed by atoms with Crippen LogP contribution in [0.15, 0.2) is 41.0 Å². The average molecular weight is 352 g/mol. The van der Waals surface area contributed by atoms with Crippen LogP contribution < -0.4 is 4.90 Å². The van der Waals surface area contributed by atoms with Crippen LogP contribution in [0, 0.1) is 0 Å². The first-order valence-electron chi connectivity index (χ1n) is 5.83. The Hall–Kier alpha value is -1.72. The predicted molar refractivity (Wildman–Crippen MR) is 78.9 cm³/mol. The molecular weight excluding hydrogens is 344 g/mol. The molecule has 0 fully saturated rings. The average Bonchev–Trinajstić information content (AvgIpc) is 2.68. The van der Waals surface area contributed by atoms with E-state index < -0.39 is 11.7 Å². The Morgan fingerprint density at radius 2 is 2.00 bits per heavy atom. The van der Waals surface area contributed by atoms with Crippen LogP contribution in [0.4, 0.5) is 5.69 Å². The van der Waals surface area contributed by atoms with Gasteiger partial charge in [-0.05, 0) is 40.2 Å². The Labute approximate surface area is 128 Å². The Bertz CT molecular complexity index is 716. The van der Waals surface area contributed by atoms with E-state index in [-0.39, 0.29) is 6.54 Å². The molecule has 4 nitrogen and oxygen atoms in total. The van der Waals surface area contributed by atoms with Gasteiger partial charge in [0.25, 0.3) is 11.7 Å². The number of pyridine rings is 1. The number of ketones is 1. The molecule has 3 rings (SSSR count). The summed E-state index contributed by atoms with van der Waals surface area (Å²) < 4.78 is 0.850. The molecule has 2 heterocycles. The smallest absolute Gasteiger partial charge is 0.297 e. The highest BCUT2D eigenvalue weighted by molar-refractivity contribution is 9.10. The van der Waals surface area contributed by atoms with Crippen molar-refractivity contribution in [2.45, 2.75) is 6.54 Å². The third kappa shape index (κ3) is 2.13. The molecule has 2 aromatic rings. The van der Waals surface area contributed by atoms with Gasteiger partial charge in [-0.3, -0.25) is 19.5 Å². The molecule has 0 bridgehead atoms. The SMILES string of the molecule is O=C1C(=O)N(Cc2ccc(Br)cn2)c2c(Cl)cccc21. The van der Waals surface area contributed by atoms with Crippen molar-refractivity contribution < 1.29 is 9.59 Å². The summed E-state index contributed by atoms with van der Waals surface area (Å²) in [6, 6.07) is 8.55. The van der Waals surface area contributed by atoms with E-state index in [2.05, 4.69) is 20.9 Å². The fourth-order valence-electron chi connectivity index (χ4n) is 2.13. The summed E-state index contributed by atoms with van der Waals surface area (Å²) in [5.74, 6) is -1.10. The van der Waals surface area contributed by atoms with Crippen molar-refractivity contribution in [1.82, 2.24) is 4.98 Å². The molecule has 0 unspecified atom stereocenters. The van der Waals surface area contributed by atoms with E-state index in [1.165, 1.54) is 4.90 Å². The quantitative estimate of drug-likeness (QED) is 0.781. The first-order chi connectivity index (χ1) is 9.58. The number of amides is 1. The summed E-state index contributed by atoms with van der Waals surface area (Å²) >= 11 is 9.41. The molecule has 0 saturated carbocycles. The number of benzene rings is 1. The number of anilines is 1. The third-order valence-electron chi connectivity index (χ3n) is 3.05. The number of aromatic nitrogens is 1. The van der Waals surface area contributed by atoms with Gasteiger partial charge in [0.05, 0.1) is 28.5 Å². The lowest BCUT2D eigenvalue weighted by molar-refractivity contribution is -0.114. The Morgan fingerprint density at radius 3 is 2.70 bits per heavy atom.